The summed E-state index contributed by atoms with van der Waals surface area (Å²) in [4.78, 5) is 2.22. The maximum absolute atomic E-state index is 10.9. The van der Waals surface area contributed by atoms with E-state index < -0.39 is 23.0 Å². The normalized spacial score (nSPS) is 11.9. The van der Waals surface area contributed by atoms with Gasteiger partial charge in [-0.1, -0.05) is 91.0 Å². The van der Waals surface area contributed by atoms with Crippen molar-refractivity contribution in [3.05, 3.63) is 139 Å². The Bertz CT molecular complexity index is 3060. The summed E-state index contributed by atoms with van der Waals surface area (Å²) in [6, 6.07) is 45.3. The van der Waals surface area contributed by atoms with Crippen LogP contribution >= 0.6 is 11.3 Å². The Morgan fingerprint density at radius 1 is 0.481 bits per heavy atom. The average molecular weight is 696 g/mol. The van der Waals surface area contributed by atoms with Crippen molar-refractivity contribution in [2.75, 3.05) is 4.90 Å². The van der Waals surface area contributed by atoms with Crippen molar-refractivity contribution >= 4 is 92.1 Å². The standard InChI is InChI=1S/C45H29NO5S/c1-24-40(47)42(49)39(43(50)41(24)48)26-14-17-27(18-15-26)46(28-19-21-38-34(22-28)31-11-6-7-13-37(31)51-38)36-23-35-33-20-16-25-8-2-3-9-29(25)44(33)52-45(35)32-12-5-4-10-30(32)36/h2-23,47-50H,1H3. The fraction of sp³-hybridized carbons (Fsp3) is 0.0222. The first-order valence-electron chi connectivity index (χ1n) is 16.9. The number of hydrogen-bond donors (Lipinski definition) is 4. The minimum absolute atomic E-state index is 0.0000647. The summed E-state index contributed by atoms with van der Waals surface area (Å²) in [5.41, 5.74) is 4.71. The van der Waals surface area contributed by atoms with Gasteiger partial charge in [-0.25, -0.2) is 0 Å². The number of thiophene rings is 1. The number of rotatable bonds is 4. The maximum Gasteiger partial charge on any atom is 0.169 e. The van der Waals surface area contributed by atoms with Crippen LogP contribution in [0.15, 0.2) is 138 Å². The van der Waals surface area contributed by atoms with Gasteiger partial charge < -0.3 is 29.7 Å². The Morgan fingerprint density at radius 2 is 1.08 bits per heavy atom. The zero-order valence-corrected chi connectivity index (χ0v) is 28.6. The van der Waals surface area contributed by atoms with Crippen molar-refractivity contribution in [2.45, 2.75) is 6.92 Å². The van der Waals surface area contributed by atoms with Gasteiger partial charge in [0.1, 0.15) is 11.2 Å². The Morgan fingerprint density at radius 3 is 1.85 bits per heavy atom. The minimum Gasteiger partial charge on any atom is -0.504 e. The highest BCUT2D eigenvalue weighted by Crippen LogP contribution is 2.52. The topological polar surface area (TPSA) is 97.3 Å². The van der Waals surface area contributed by atoms with Crippen molar-refractivity contribution < 1.29 is 24.8 Å². The Kier molecular flexibility index (Phi) is 6.47. The summed E-state index contributed by atoms with van der Waals surface area (Å²) in [6.45, 7) is 1.43. The molecule has 0 saturated carbocycles. The Balaban J connectivity index is 1.25. The molecule has 2 heterocycles. The van der Waals surface area contributed by atoms with Gasteiger partial charge in [0.15, 0.2) is 23.0 Å². The third-order valence-corrected chi connectivity index (χ3v) is 11.5. The third-order valence-electron chi connectivity index (χ3n) is 10.3. The van der Waals surface area contributed by atoms with Gasteiger partial charge in [-0.2, -0.15) is 0 Å². The molecule has 8 aromatic carbocycles. The lowest BCUT2D eigenvalue weighted by atomic mass is 9.98. The predicted octanol–water partition coefficient (Wildman–Crippen LogP) is 12.5. The van der Waals surface area contributed by atoms with Gasteiger partial charge in [0, 0.05) is 58.7 Å². The van der Waals surface area contributed by atoms with E-state index in [1.165, 1.54) is 32.5 Å². The number of para-hydroxylation sites is 1. The molecule has 0 aliphatic carbocycles. The molecule has 7 heteroatoms. The molecule has 0 fully saturated rings. The third kappa shape index (κ3) is 4.30. The van der Waals surface area contributed by atoms with Crippen LogP contribution < -0.4 is 4.90 Å². The van der Waals surface area contributed by atoms with Crippen LogP contribution in [0.25, 0.3) is 74.8 Å². The molecular weight excluding hydrogens is 667 g/mol. The average Bonchev–Trinajstić information content (AvgIpc) is 3.76. The SMILES string of the molecule is Cc1c(O)c(O)c(-c2ccc(N(c3ccc4oc5ccccc5c4c3)c3cc4c5ccc6ccccc6c5sc4c4ccccc34)cc2)c(O)c1O. The molecule has 0 aliphatic heterocycles. The fourth-order valence-corrected chi connectivity index (χ4v) is 8.99. The number of phenolic OH excluding ortho intramolecular Hbond substituents is 4. The lowest BCUT2D eigenvalue weighted by Gasteiger charge is -2.27. The largest absolute Gasteiger partial charge is 0.504 e. The van der Waals surface area contributed by atoms with Crippen LogP contribution in [0.4, 0.5) is 17.1 Å². The Hall–Kier alpha value is -6.70. The first kappa shape index (κ1) is 30.2. The van der Waals surface area contributed by atoms with Crippen molar-refractivity contribution in [1.82, 2.24) is 0 Å². The number of benzene rings is 8. The van der Waals surface area contributed by atoms with Crippen LogP contribution in [0.3, 0.4) is 0 Å². The van der Waals surface area contributed by atoms with E-state index in [-0.39, 0.29) is 11.1 Å². The van der Waals surface area contributed by atoms with E-state index in [9.17, 15) is 20.4 Å². The molecule has 0 bridgehead atoms. The Labute approximate surface area is 300 Å². The molecule has 0 spiro atoms. The van der Waals surface area contributed by atoms with E-state index in [1.54, 1.807) is 12.1 Å². The second-order valence-electron chi connectivity index (χ2n) is 13.1. The van der Waals surface area contributed by atoms with Crippen LogP contribution in [-0.4, -0.2) is 20.4 Å². The van der Waals surface area contributed by atoms with E-state index in [2.05, 4.69) is 89.8 Å². The molecule has 0 radical (unpaired) electrons. The molecule has 2 aromatic heterocycles. The van der Waals surface area contributed by atoms with Gasteiger partial charge in [-0.05, 0) is 65.7 Å². The molecule has 250 valence electrons. The first-order chi connectivity index (χ1) is 25.4. The second kappa shape index (κ2) is 11.2. The predicted molar refractivity (Wildman–Crippen MR) is 213 cm³/mol. The summed E-state index contributed by atoms with van der Waals surface area (Å²) in [7, 11) is 0. The van der Waals surface area contributed by atoms with Crippen LogP contribution in [0, 0.1) is 6.92 Å². The second-order valence-corrected chi connectivity index (χ2v) is 14.2. The number of nitrogens with zero attached hydrogens (tertiary/aromatic N) is 1. The molecule has 10 aromatic rings. The van der Waals surface area contributed by atoms with Crippen LogP contribution in [-0.2, 0) is 0 Å². The highest BCUT2D eigenvalue weighted by molar-refractivity contribution is 7.27. The van der Waals surface area contributed by atoms with Gasteiger partial charge in [0.2, 0.25) is 0 Å². The molecule has 10 rings (SSSR count). The van der Waals surface area contributed by atoms with Gasteiger partial charge in [0.05, 0.1) is 11.3 Å². The smallest absolute Gasteiger partial charge is 0.169 e. The number of fused-ring (bicyclic) bond motifs is 10. The summed E-state index contributed by atoms with van der Waals surface area (Å²) in [6.07, 6.45) is 0. The van der Waals surface area contributed by atoms with Crippen molar-refractivity contribution in [3.8, 4) is 34.1 Å². The van der Waals surface area contributed by atoms with Gasteiger partial charge in [-0.3, -0.25) is 0 Å². The monoisotopic (exact) mass is 695 g/mol. The lowest BCUT2D eigenvalue weighted by Crippen LogP contribution is -2.10. The zero-order valence-electron chi connectivity index (χ0n) is 27.8. The molecule has 0 saturated heterocycles. The van der Waals surface area contributed by atoms with E-state index >= 15 is 0 Å². The zero-order chi connectivity index (χ0) is 35.2. The van der Waals surface area contributed by atoms with E-state index in [0.29, 0.717) is 5.56 Å². The summed E-state index contributed by atoms with van der Waals surface area (Å²) in [5, 5.41) is 51.8. The van der Waals surface area contributed by atoms with Crippen molar-refractivity contribution in [3.63, 3.8) is 0 Å². The molecule has 0 unspecified atom stereocenters. The number of aromatic hydroxyl groups is 4. The fourth-order valence-electron chi connectivity index (χ4n) is 7.64. The molecular formula is C45H29NO5S. The molecule has 0 amide bonds. The highest BCUT2D eigenvalue weighted by atomic mass is 32.1. The molecule has 0 atom stereocenters. The highest BCUT2D eigenvalue weighted by Gasteiger charge is 2.24. The van der Waals surface area contributed by atoms with Crippen molar-refractivity contribution in [2.24, 2.45) is 0 Å². The van der Waals surface area contributed by atoms with Crippen molar-refractivity contribution in [1.29, 1.82) is 0 Å². The van der Waals surface area contributed by atoms with Crippen LogP contribution in [0.1, 0.15) is 5.56 Å². The number of hydrogen-bond acceptors (Lipinski definition) is 7. The summed E-state index contributed by atoms with van der Waals surface area (Å²) < 4.78 is 8.68. The quantitative estimate of drug-likeness (QED) is 0.108. The van der Waals surface area contributed by atoms with Gasteiger partial charge >= 0.3 is 0 Å². The number of furan rings is 1. The van der Waals surface area contributed by atoms with E-state index in [4.69, 9.17) is 4.42 Å². The molecule has 0 aliphatic rings. The lowest BCUT2D eigenvalue weighted by molar-refractivity contribution is 0.371. The van der Waals surface area contributed by atoms with E-state index in [1.807, 2.05) is 47.7 Å². The maximum atomic E-state index is 10.9. The van der Waals surface area contributed by atoms with E-state index in [0.717, 1.165) is 55.2 Å². The first-order valence-corrected chi connectivity index (χ1v) is 17.7. The van der Waals surface area contributed by atoms with Gasteiger partial charge in [-0.15, -0.1) is 11.3 Å². The molecule has 52 heavy (non-hydrogen) atoms. The van der Waals surface area contributed by atoms with Crippen LogP contribution in [0.5, 0.6) is 23.0 Å². The summed E-state index contributed by atoms with van der Waals surface area (Å²) >= 11 is 1.82. The summed E-state index contributed by atoms with van der Waals surface area (Å²) in [5.74, 6) is -1.95. The number of anilines is 3. The molecule has 4 N–H and O–H groups in total. The molecule has 6 nitrogen and oxygen atoms in total. The van der Waals surface area contributed by atoms with Gasteiger partial charge in [0.25, 0.3) is 0 Å². The van der Waals surface area contributed by atoms with Crippen LogP contribution in [0.2, 0.25) is 0 Å². The minimum atomic E-state index is -0.497. The number of phenols is 4.